The maximum atomic E-state index is 13.8. The number of carbonyl (C=O) groups excluding carboxylic acids is 1. The van der Waals surface area contributed by atoms with E-state index in [0.717, 1.165) is 5.56 Å². The predicted octanol–water partition coefficient (Wildman–Crippen LogP) is 4.94. The molecule has 2 aromatic rings. The normalized spacial score (nSPS) is 12.5. The van der Waals surface area contributed by atoms with Gasteiger partial charge in [0.2, 0.25) is 5.91 Å². The zero-order valence-electron chi connectivity index (χ0n) is 16.2. The second-order valence-corrected chi connectivity index (χ2v) is 7.63. The van der Waals surface area contributed by atoms with Crippen molar-refractivity contribution in [1.29, 1.82) is 0 Å². The van der Waals surface area contributed by atoms with E-state index in [2.05, 4.69) is 50.4 Å². The summed E-state index contributed by atoms with van der Waals surface area (Å²) in [7, 11) is 1.43. The number of hydrogen-bond acceptors (Lipinski definition) is 2. The minimum atomic E-state index is -0.426. The number of rotatable bonds is 6. The Morgan fingerprint density at radius 3 is 2.35 bits per heavy atom. The molecule has 2 rings (SSSR count). The number of aryl methyl sites for hydroxylation is 1. The Balaban J connectivity index is 1.89. The van der Waals surface area contributed by atoms with Crippen molar-refractivity contribution in [2.75, 3.05) is 7.11 Å². The molecular weight excluding hydrogens is 329 g/mol. The largest absolute Gasteiger partial charge is 0.494 e. The van der Waals surface area contributed by atoms with Crippen molar-refractivity contribution in [3.63, 3.8) is 0 Å². The average molecular weight is 357 g/mol. The highest BCUT2D eigenvalue weighted by atomic mass is 19.1. The molecule has 0 aliphatic rings. The smallest absolute Gasteiger partial charge is 0.220 e. The van der Waals surface area contributed by atoms with Crippen LogP contribution in [-0.4, -0.2) is 13.0 Å². The summed E-state index contributed by atoms with van der Waals surface area (Å²) in [6.07, 6.45) is 1.08. The van der Waals surface area contributed by atoms with Gasteiger partial charge in [-0.15, -0.1) is 0 Å². The van der Waals surface area contributed by atoms with Gasteiger partial charge in [-0.3, -0.25) is 4.79 Å². The molecule has 1 atom stereocenters. The van der Waals surface area contributed by atoms with Gasteiger partial charge in [0.05, 0.1) is 13.2 Å². The Morgan fingerprint density at radius 1 is 1.15 bits per heavy atom. The van der Waals surface area contributed by atoms with Crippen LogP contribution in [0.15, 0.2) is 42.5 Å². The topological polar surface area (TPSA) is 38.3 Å². The fraction of sp³-hybridized carbons (Fsp3) is 0.409. The molecule has 0 radical (unpaired) electrons. The molecule has 140 valence electrons. The molecule has 0 aromatic heterocycles. The lowest BCUT2D eigenvalue weighted by Gasteiger charge is -2.19. The van der Waals surface area contributed by atoms with E-state index in [-0.39, 0.29) is 23.1 Å². The Kier molecular flexibility index (Phi) is 6.41. The number of hydrogen-bond donors (Lipinski definition) is 1. The highest BCUT2D eigenvalue weighted by Crippen LogP contribution is 2.23. The molecule has 1 amide bonds. The fourth-order valence-corrected chi connectivity index (χ4v) is 2.78. The molecule has 0 saturated carbocycles. The molecule has 0 saturated heterocycles. The minimum Gasteiger partial charge on any atom is -0.494 e. The summed E-state index contributed by atoms with van der Waals surface area (Å²) in [6, 6.07) is 12.9. The Morgan fingerprint density at radius 2 is 1.81 bits per heavy atom. The number of amides is 1. The highest BCUT2D eigenvalue weighted by Gasteiger charge is 2.14. The van der Waals surface area contributed by atoms with E-state index < -0.39 is 5.82 Å². The quantitative estimate of drug-likeness (QED) is 0.795. The minimum absolute atomic E-state index is 0.0476. The SMILES string of the molecule is COc1ccc(C(C)NC(=O)CCc2ccc(C(C)(C)C)cc2)cc1F. The van der Waals surface area contributed by atoms with Crippen molar-refractivity contribution in [1.82, 2.24) is 5.32 Å². The summed E-state index contributed by atoms with van der Waals surface area (Å²) in [5, 5.41) is 2.92. The van der Waals surface area contributed by atoms with Gasteiger partial charge in [-0.1, -0.05) is 51.1 Å². The third kappa shape index (κ3) is 5.32. The third-order valence-electron chi connectivity index (χ3n) is 4.51. The van der Waals surface area contributed by atoms with Gasteiger partial charge >= 0.3 is 0 Å². The maximum Gasteiger partial charge on any atom is 0.220 e. The Labute approximate surface area is 155 Å². The van der Waals surface area contributed by atoms with Crippen LogP contribution in [0.4, 0.5) is 4.39 Å². The van der Waals surface area contributed by atoms with Crippen LogP contribution in [0.5, 0.6) is 5.75 Å². The van der Waals surface area contributed by atoms with E-state index in [9.17, 15) is 9.18 Å². The van der Waals surface area contributed by atoms with Crippen LogP contribution < -0.4 is 10.1 Å². The van der Waals surface area contributed by atoms with Crippen LogP contribution in [0.2, 0.25) is 0 Å². The number of benzene rings is 2. The maximum absolute atomic E-state index is 13.8. The van der Waals surface area contributed by atoms with Crippen LogP contribution in [0.25, 0.3) is 0 Å². The molecule has 0 heterocycles. The predicted molar refractivity (Wildman–Crippen MR) is 103 cm³/mol. The summed E-state index contributed by atoms with van der Waals surface area (Å²) in [6.45, 7) is 8.38. The number of halogens is 1. The molecule has 4 heteroatoms. The van der Waals surface area contributed by atoms with Gasteiger partial charge in [0.25, 0.3) is 0 Å². The monoisotopic (exact) mass is 357 g/mol. The molecule has 1 unspecified atom stereocenters. The van der Waals surface area contributed by atoms with Crippen molar-refractivity contribution in [2.45, 2.75) is 52.0 Å². The van der Waals surface area contributed by atoms with E-state index in [1.807, 2.05) is 6.92 Å². The number of carbonyl (C=O) groups is 1. The lowest BCUT2D eigenvalue weighted by molar-refractivity contribution is -0.121. The molecule has 0 bridgehead atoms. The molecule has 0 aliphatic heterocycles. The van der Waals surface area contributed by atoms with Crippen molar-refractivity contribution in [2.24, 2.45) is 0 Å². The fourth-order valence-electron chi connectivity index (χ4n) is 2.78. The van der Waals surface area contributed by atoms with Gasteiger partial charge < -0.3 is 10.1 Å². The Hall–Kier alpha value is -2.36. The zero-order valence-corrected chi connectivity index (χ0v) is 16.2. The summed E-state index contributed by atoms with van der Waals surface area (Å²) >= 11 is 0. The van der Waals surface area contributed by atoms with Gasteiger partial charge in [-0.25, -0.2) is 4.39 Å². The van der Waals surface area contributed by atoms with Crippen LogP contribution in [0.1, 0.15) is 56.8 Å². The summed E-state index contributed by atoms with van der Waals surface area (Å²) in [5.74, 6) is -0.273. The average Bonchev–Trinajstić information content (AvgIpc) is 2.59. The standard InChI is InChI=1S/C22H28FNO2/c1-15(17-9-12-20(26-5)19(23)14-17)24-21(25)13-8-16-6-10-18(11-7-16)22(2,3)4/h6-7,9-12,14-15H,8,13H2,1-5H3,(H,24,25). The molecule has 0 aliphatic carbocycles. The van der Waals surface area contributed by atoms with E-state index in [1.165, 1.54) is 18.7 Å². The molecule has 26 heavy (non-hydrogen) atoms. The molecule has 3 nitrogen and oxygen atoms in total. The second kappa shape index (κ2) is 8.35. The summed E-state index contributed by atoms with van der Waals surface area (Å²) < 4.78 is 18.7. The van der Waals surface area contributed by atoms with Crippen LogP contribution in [-0.2, 0) is 16.6 Å². The molecular formula is C22H28FNO2. The molecule has 0 spiro atoms. The van der Waals surface area contributed by atoms with Crippen LogP contribution >= 0.6 is 0 Å². The van der Waals surface area contributed by atoms with Crippen molar-refractivity contribution < 1.29 is 13.9 Å². The first-order valence-electron chi connectivity index (χ1n) is 8.93. The van der Waals surface area contributed by atoms with Crippen molar-refractivity contribution in [3.8, 4) is 5.75 Å². The summed E-state index contributed by atoms with van der Waals surface area (Å²) in [5.41, 5.74) is 3.25. The van der Waals surface area contributed by atoms with E-state index >= 15 is 0 Å². The second-order valence-electron chi connectivity index (χ2n) is 7.63. The van der Waals surface area contributed by atoms with Gasteiger partial charge in [-0.05, 0) is 47.6 Å². The van der Waals surface area contributed by atoms with Gasteiger partial charge in [0.15, 0.2) is 11.6 Å². The first kappa shape index (κ1) is 20.0. The number of nitrogens with one attached hydrogen (secondary N) is 1. The van der Waals surface area contributed by atoms with Crippen molar-refractivity contribution >= 4 is 5.91 Å². The number of methoxy groups -OCH3 is 1. The zero-order chi connectivity index (χ0) is 19.3. The first-order valence-corrected chi connectivity index (χ1v) is 8.93. The van der Waals surface area contributed by atoms with Gasteiger partial charge in [-0.2, -0.15) is 0 Å². The third-order valence-corrected chi connectivity index (χ3v) is 4.51. The van der Waals surface area contributed by atoms with Crippen molar-refractivity contribution in [3.05, 3.63) is 65.0 Å². The van der Waals surface area contributed by atoms with Gasteiger partial charge in [0, 0.05) is 6.42 Å². The van der Waals surface area contributed by atoms with E-state index in [0.29, 0.717) is 18.4 Å². The van der Waals surface area contributed by atoms with Crippen LogP contribution in [0.3, 0.4) is 0 Å². The lowest BCUT2D eigenvalue weighted by atomic mass is 9.86. The molecule has 2 aromatic carbocycles. The first-order chi connectivity index (χ1) is 12.2. The van der Waals surface area contributed by atoms with E-state index in [4.69, 9.17) is 4.74 Å². The summed E-state index contributed by atoms with van der Waals surface area (Å²) in [4.78, 5) is 12.2. The van der Waals surface area contributed by atoms with E-state index in [1.54, 1.807) is 12.1 Å². The van der Waals surface area contributed by atoms with Crippen LogP contribution in [0, 0.1) is 5.82 Å². The van der Waals surface area contributed by atoms with Gasteiger partial charge in [0.1, 0.15) is 0 Å². The number of ether oxygens (including phenoxy) is 1. The Bertz CT molecular complexity index is 748. The molecule has 0 fully saturated rings. The highest BCUT2D eigenvalue weighted by molar-refractivity contribution is 5.76. The lowest BCUT2D eigenvalue weighted by Crippen LogP contribution is -2.26. The molecule has 1 N–H and O–H groups in total.